The Hall–Kier alpha value is -2.41. The summed E-state index contributed by atoms with van der Waals surface area (Å²) in [5.74, 6) is 0.704. The monoisotopic (exact) mass is 586 g/mol. The molecule has 0 aromatic carbocycles. The van der Waals surface area contributed by atoms with Crippen molar-refractivity contribution in [2.24, 2.45) is 5.92 Å². The highest BCUT2D eigenvalue weighted by molar-refractivity contribution is 7.92. The molecule has 3 aliphatic carbocycles. The van der Waals surface area contributed by atoms with E-state index in [1.165, 1.54) is 6.42 Å². The van der Waals surface area contributed by atoms with Gasteiger partial charge in [0, 0.05) is 24.1 Å². The molecule has 0 aliphatic heterocycles. The molecular weight excluding hydrogens is 548 g/mol. The van der Waals surface area contributed by atoms with E-state index in [-0.39, 0.29) is 5.75 Å². The number of rotatable bonds is 8. The van der Waals surface area contributed by atoms with Crippen LogP contribution in [0.1, 0.15) is 76.6 Å². The summed E-state index contributed by atoms with van der Waals surface area (Å²) in [6, 6.07) is 1.73. The number of aliphatic hydroxyl groups excluding tert-OH is 2. The van der Waals surface area contributed by atoms with Gasteiger partial charge in [0.15, 0.2) is 9.84 Å². The molecular formula is C28H38N6O4S2. The van der Waals surface area contributed by atoms with E-state index in [0.717, 1.165) is 57.9 Å². The van der Waals surface area contributed by atoms with Crippen LogP contribution >= 0.6 is 11.3 Å². The van der Waals surface area contributed by atoms with Crippen LogP contribution in [0, 0.1) is 12.8 Å². The van der Waals surface area contributed by atoms with Crippen LogP contribution in [0.25, 0.3) is 20.8 Å². The molecule has 12 heteroatoms. The molecule has 4 N–H and O–H groups in total. The first kappa shape index (κ1) is 27.7. The first-order valence-electron chi connectivity index (χ1n) is 14.2. The molecule has 0 spiro atoms. The summed E-state index contributed by atoms with van der Waals surface area (Å²) in [7, 11) is -3.48. The van der Waals surface area contributed by atoms with E-state index < -0.39 is 38.8 Å². The molecule has 0 saturated heterocycles. The lowest BCUT2D eigenvalue weighted by Crippen LogP contribution is -2.38. The second-order valence-electron chi connectivity index (χ2n) is 12.6. The van der Waals surface area contributed by atoms with E-state index in [1.807, 2.05) is 19.2 Å². The highest BCUT2D eigenvalue weighted by atomic mass is 32.2. The topological polar surface area (TPSA) is 150 Å². The molecule has 3 fully saturated rings. The van der Waals surface area contributed by atoms with Gasteiger partial charge in [0.2, 0.25) is 5.95 Å². The maximum atomic E-state index is 12.9. The predicted octanol–water partition coefficient (Wildman–Crippen LogP) is 4.03. The summed E-state index contributed by atoms with van der Waals surface area (Å²) in [4.78, 5) is 19.2. The molecule has 3 aromatic heterocycles. The van der Waals surface area contributed by atoms with Crippen LogP contribution in [-0.2, 0) is 9.84 Å². The number of aryl methyl sites for hydroxylation is 1. The molecule has 216 valence electrons. The molecule has 3 aliphatic rings. The number of fused-ring (bicyclic) bond motifs is 1. The minimum absolute atomic E-state index is 0.189. The van der Waals surface area contributed by atoms with Gasteiger partial charge in [-0.3, -0.25) is 4.98 Å². The Balaban J connectivity index is 1.35. The van der Waals surface area contributed by atoms with Gasteiger partial charge in [-0.05, 0) is 72.3 Å². The molecule has 4 unspecified atom stereocenters. The van der Waals surface area contributed by atoms with Gasteiger partial charge in [0.05, 0.1) is 44.3 Å². The van der Waals surface area contributed by atoms with E-state index in [4.69, 9.17) is 15.0 Å². The molecule has 0 radical (unpaired) electrons. The van der Waals surface area contributed by atoms with Gasteiger partial charge < -0.3 is 20.8 Å². The zero-order valence-corrected chi connectivity index (χ0v) is 25.0. The fourth-order valence-corrected chi connectivity index (χ4v) is 7.98. The summed E-state index contributed by atoms with van der Waals surface area (Å²) in [5, 5.41) is 29.4. The Kier molecular flexibility index (Phi) is 7.04. The lowest BCUT2D eigenvalue weighted by Gasteiger charge is -2.27. The number of nitrogens with one attached hydrogen (secondary N) is 2. The summed E-state index contributed by atoms with van der Waals surface area (Å²) in [5.41, 5.74) is 3.44. The van der Waals surface area contributed by atoms with Gasteiger partial charge in [0.1, 0.15) is 22.4 Å². The van der Waals surface area contributed by atoms with Crippen molar-refractivity contribution < 1.29 is 18.6 Å². The van der Waals surface area contributed by atoms with Gasteiger partial charge in [0.25, 0.3) is 0 Å². The van der Waals surface area contributed by atoms with E-state index in [9.17, 15) is 18.6 Å². The summed E-state index contributed by atoms with van der Waals surface area (Å²) >= 11 is 1.56. The van der Waals surface area contributed by atoms with Crippen molar-refractivity contribution in [2.75, 3.05) is 16.4 Å². The smallest absolute Gasteiger partial charge is 0.225 e. The number of hydrogen-bond acceptors (Lipinski definition) is 11. The fraction of sp³-hybridized carbons (Fsp3) is 0.643. The third-order valence-corrected chi connectivity index (χ3v) is 12.3. The van der Waals surface area contributed by atoms with Crippen molar-refractivity contribution in [3.8, 4) is 10.6 Å². The normalized spacial score (nSPS) is 25.8. The number of aromatic nitrogens is 4. The summed E-state index contributed by atoms with van der Waals surface area (Å²) < 4.78 is 25.9. The van der Waals surface area contributed by atoms with Gasteiger partial charge in [-0.2, -0.15) is 4.98 Å². The van der Waals surface area contributed by atoms with Crippen LogP contribution in [0.15, 0.2) is 12.3 Å². The summed E-state index contributed by atoms with van der Waals surface area (Å²) in [6.07, 6.45) is 5.39. The molecule has 0 amide bonds. The molecule has 0 bridgehead atoms. The van der Waals surface area contributed by atoms with E-state index in [2.05, 4.69) is 15.6 Å². The Labute approximate surface area is 239 Å². The Morgan fingerprint density at radius 3 is 2.45 bits per heavy atom. The number of pyridine rings is 1. The SMILES string of the molecule is Cc1nc(NC2CCC2)nc(NC2CC(CS(=O)(=O)C(C)(C)C)C(O)C2O)c1-c1nc2c(C3CC3)nccc2s1. The zero-order chi connectivity index (χ0) is 28.4. The maximum Gasteiger partial charge on any atom is 0.225 e. The average molecular weight is 587 g/mol. The standard InChI is InChI=1S/C28H38N6O4S2/c1-14-20(26-33-22-19(39-26)10-11-29-21(22)15-8-9-15)25(34-27(30-14)31-17-6-5-7-17)32-18-12-16(23(35)24(18)36)13-40(37,38)28(2,3)4/h10-11,15-18,23-24,35-36H,5-9,12-13H2,1-4H3,(H2,30,31,32,34). The van der Waals surface area contributed by atoms with Crippen LogP contribution in [0.4, 0.5) is 11.8 Å². The Morgan fingerprint density at radius 2 is 1.80 bits per heavy atom. The number of thiazole rings is 1. The van der Waals surface area contributed by atoms with Crippen LogP contribution in [0.3, 0.4) is 0 Å². The molecule has 3 heterocycles. The Morgan fingerprint density at radius 1 is 1.05 bits per heavy atom. The maximum absolute atomic E-state index is 12.9. The van der Waals surface area contributed by atoms with E-state index >= 15 is 0 Å². The highest BCUT2D eigenvalue weighted by Crippen LogP contribution is 2.45. The number of hydrogen-bond donors (Lipinski definition) is 4. The largest absolute Gasteiger partial charge is 0.390 e. The molecule has 6 rings (SSSR count). The number of aliphatic hydroxyl groups is 2. The third kappa shape index (κ3) is 5.19. The molecule has 10 nitrogen and oxygen atoms in total. The van der Waals surface area contributed by atoms with E-state index in [0.29, 0.717) is 30.1 Å². The summed E-state index contributed by atoms with van der Waals surface area (Å²) in [6.45, 7) is 6.90. The van der Waals surface area contributed by atoms with Gasteiger partial charge >= 0.3 is 0 Å². The van der Waals surface area contributed by atoms with Crippen LogP contribution in [0.5, 0.6) is 0 Å². The predicted molar refractivity (Wildman–Crippen MR) is 157 cm³/mol. The zero-order valence-electron chi connectivity index (χ0n) is 23.4. The van der Waals surface area contributed by atoms with Crippen molar-refractivity contribution in [2.45, 2.75) is 101 Å². The van der Waals surface area contributed by atoms with Crippen molar-refractivity contribution in [3.63, 3.8) is 0 Å². The van der Waals surface area contributed by atoms with Gasteiger partial charge in [-0.25, -0.2) is 18.4 Å². The second kappa shape index (κ2) is 10.1. The first-order valence-corrected chi connectivity index (χ1v) is 16.6. The Bertz CT molecular complexity index is 1530. The minimum Gasteiger partial charge on any atom is -0.390 e. The van der Waals surface area contributed by atoms with Crippen molar-refractivity contribution in [1.29, 1.82) is 0 Å². The van der Waals surface area contributed by atoms with Crippen molar-refractivity contribution in [3.05, 3.63) is 23.7 Å². The lowest BCUT2D eigenvalue weighted by atomic mass is 9.93. The van der Waals surface area contributed by atoms with Crippen molar-refractivity contribution >= 4 is 43.2 Å². The van der Waals surface area contributed by atoms with Gasteiger partial charge in [-0.1, -0.05) is 0 Å². The number of anilines is 2. The van der Waals surface area contributed by atoms with Crippen LogP contribution < -0.4 is 10.6 Å². The quantitative estimate of drug-likeness (QED) is 0.305. The molecule has 3 aromatic rings. The first-order chi connectivity index (χ1) is 18.9. The number of sulfone groups is 1. The molecule has 4 atom stereocenters. The molecule has 40 heavy (non-hydrogen) atoms. The number of nitrogens with zero attached hydrogens (tertiary/aromatic N) is 4. The van der Waals surface area contributed by atoms with Crippen molar-refractivity contribution in [1.82, 2.24) is 19.9 Å². The van der Waals surface area contributed by atoms with Crippen LogP contribution in [-0.4, -0.2) is 73.4 Å². The fourth-order valence-electron chi connectivity index (χ4n) is 5.51. The highest BCUT2D eigenvalue weighted by Gasteiger charge is 2.45. The van der Waals surface area contributed by atoms with E-state index in [1.54, 1.807) is 32.1 Å². The minimum atomic E-state index is -3.48. The molecule has 3 saturated carbocycles. The van der Waals surface area contributed by atoms with Gasteiger partial charge in [-0.15, -0.1) is 11.3 Å². The second-order valence-corrected chi connectivity index (χ2v) is 16.4. The third-order valence-electron chi connectivity index (χ3n) is 8.53. The average Bonchev–Trinajstić information content (AvgIpc) is 3.55. The van der Waals surface area contributed by atoms with Crippen LogP contribution in [0.2, 0.25) is 0 Å². The lowest BCUT2D eigenvalue weighted by molar-refractivity contribution is 0.0216.